The molecular weight excluding hydrogens is 384 g/mol. The number of non-ortho nitro benzene ring substituents is 1. The Hall–Kier alpha value is -4.07. The third-order valence-electron chi connectivity index (χ3n) is 4.78. The lowest BCUT2D eigenvalue weighted by Crippen LogP contribution is -2.10. The molecule has 0 aliphatic heterocycles. The van der Waals surface area contributed by atoms with Gasteiger partial charge in [0.1, 0.15) is 11.6 Å². The maximum atomic E-state index is 12.5. The van der Waals surface area contributed by atoms with E-state index in [0.29, 0.717) is 17.7 Å². The van der Waals surface area contributed by atoms with E-state index in [0.717, 1.165) is 16.6 Å². The molecule has 0 fully saturated rings. The predicted molar refractivity (Wildman–Crippen MR) is 110 cm³/mol. The number of carbonyl (C=O) groups is 1. The summed E-state index contributed by atoms with van der Waals surface area (Å²) < 4.78 is 7.27. The molecule has 4 rings (SSSR count). The van der Waals surface area contributed by atoms with Crippen LogP contribution in [0, 0.1) is 10.1 Å². The van der Waals surface area contributed by atoms with Crippen LogP contribution in [0.15, 0.2) is 72.8 Å². The molecule has 0 amide bonds. The molecule has 0 aliphatic carbocycles. The highest BCUT2D eigenvalue weighted by Gasteiger charge is 2.16. The van der Waals surface area contributed by atoms with E-state index < -0.39 is 17.0 Å². The predicted octanol–water partition coefficient (Wildman–Crippen LogP) is 4.31. The van der Waals surface area contributed by atoms with E-state index in [2.05, 4.69) is 10.3 Å². The molecule has 0 spiro atoms. The van der Waals surface area contributed by atoms with Crippen molar-refractivity contribution in [2.45, 2.75) is 19.6 Å². The number of benzene rings is 3. The van der Waals surface area contributed by atoms with Crippen molar-refractivity contribution in [3.05, 3.63) is 99.6 Å². The van der Waals surface area contributed by atoms with Crippen LogP contribution in [0.5, 0.6) is 0 Å². The fourth-order valence-electron chi connectivity index (χ4n) is 3.14. The zero-order valence-electron chi connectivity index (χ0n) is 16.1. The molecule has 1 aromatic heterocycles. The van der Waals surface area contributed by atoms with Crippen molar-refractivity contribution in [2.75, 3.05) is 0 Å². The minimum absolute atomic E-state index is 0.0413. The molecule has 8 heteroatoms. The first-order chi connectivity index (χ1) is 14.5. The first kappa shape index (κ1) is 19.3. The van der Waals surface area contributed by atoms with E-state index in [1.807, 2.05) is 36.4 Å². The van der Waals surface area contributed by atoms with Gasteiger partial charge in [0, 0.05) is 12.1 Å². The van der Waals surface area contributed by atoms with Gasteiger partial charge < -0.3 is 4.74 Å². The standard InChI is InChI=1S/C22H18N4O4/c1-15(18-5-4-6-19(13-18)26(28)29)30-22(27)17-11-9-16(10-12-17)14-25-21-8-3-2-7-20(21)23-24-25/h2-13,15H,14H2,1H3/t15-/m0/s1. The molecule has 0 unspecified atom stereocenters. The third-order valence-corrected chi connectivity index (χ3v) is 4.78. The van der Waals surface area contributed by atoms with E-state index in [4.69, 9.17) is 4.74 Å². The molecule has 1 atom stereocenters. The summed E-state index contributed by atoms with van der Waals surface area (Å²) in [5.74, 6) is -0.494. The van der Waals surface area contributed by atoms with Gasteiger partial charge in [0.25, 0.3) is 5.69 Å². The number of rotatable bonds is 6. The lowest BCUT2D eigenvalue weighted by atomic mass is 10.1. The SMILES string of the molecule is C[C@H](OC(=O)c1ccc(Cn2nnc3ccccc32)cc1)c1cccc([N+](=O)[O-])c1. The Morgan fingerprint density at radius 1 is 1.10 bits per heavy atom. The van der Waals surface area contributed by atoms with Crippen LogP contribution in [0.2, 0.25) is 0 Å². The molecule has 0 saturated carbocycles. The molecule has 0 saturated heterocycles. The molecule has 0 aliphatic rings. The van der Waals surface area contributed by atoms with E-state index in [1.54, 1.807) is 35.9 Å². The van der Waals surface area contributed by atoms with E-state index in [-0.39, 0.29) is 5.69 Å². The normalized spacial score (nSPS) is 11.9. The smallest absolute Gasteiger partial charge is 0.338 e. The molecule has 0 N–H and O–H groups in total. The van der Waals surface area contributed by atoms with Gasteiger partial charge >= 0.3 is 5.97 Å². The number of ether oxygens (including phenoxy) is 1. The minimum Gasteiger partial charge on any atom is -0.454 e. The average Bonchev–Trinajstić information content (AvgIpc) is 3.17. The first-order valence-electron chi connectivity index (χ1n) is 9.34. The number of carbonyl (C=O) groups excluding carboxylic acids is 1. The largest absolute Gasteiger partial charge is 0.454 e. The number of hydrogen-bond acceptors (Lipinski definition) is 6. The summed E-state index contributed by atoms with van der Waals surface area (Å²) in [7, 11) is 0. The highest BCUT2D eigenvalue weighted by molar-refractivity contribution is 5.89. The fraction of sp³-hybridized carbons (Fsp3) is 0.136. The van der Waals surface area contributed by atoms with Crippen molar-refractivity contribution < 1.29 is 14.5 Å². The van der Waals surface area contributed by atoms with Gasteiger partial charge in [0.05, 0.1) is 22.5 Å². The van der Waals surface area contributed by atoms with Gasteiger partial charge in [0.15, 0.2) is 0 Å². The number of para-hydroxylation sites is 1. The van der Waals surface area contributed by atoms with Crippen LogP contribution in [0.1, 0.15) is 34.5 Å². The Balaban J connectivity index is 1.44. The fourth-order valence-corrected chi connectivity index (χ4v) is 3.14. The number of nitro benzene ring substituents is 1. The summed E-state index contributed by atoms with van der Waals surface area (Å²) in [6.45, 7) is 2.21. The van der Waals surface area contributed by atoms with Crippen LogP contribution in [-0.2, 0) is 11.3 Å². The Kier molecular flexibility index (Phi) is 5.21. The quantitative estimate of drug-likeness (QED) is 0.271. The summed E-state index contributed by atoms with van der Waals surface area (Å²) in [6, 6.07) is 20.8. The minimum atomic E-state index is -0.612. The van der Waals surface area contributed by atoms with Crippen molar-refractivity contribution in [2.24, 2.45) is 0 Å². The Bertz CT molecular complexity index is 1220. The maximum Gasteiger partial charge on any atom is 0.338 e. The lowest BCUT2D eigenvalue weighted by Gasteiger charge is -2.13. The van der Waals surface area contributed by atoms with Gasteiger partial charge in [-0.15, -0.1) is 5.10 Å². The zero-order valence-corrected chi connectivity index (χ0v) is 16.1. The summed E-state index contributed by atoms with van der Waals surface area (Å²) in [5, 5.41) is 19.2. The second kappa shape index (κ2) is 8.12. The number of nitro groups is 1. The van der Waals surface area contributed by atoms with Gasteiger partial charge in [-0.1, -0.05) is 41.6 Å². The number of nitrogens with zero attached hydrogens (tertiary/aromatic N) is 4. The van der Waals surface area contributed by atoms with Gasteiger partial charge in [-0.25, -0.2) is 9.48 Å². The van der Waals surface area contributed by atoms with Gasteiger partial charge in [0.2, 0.25) is 0 Å². The molecule has 3 aromatic carbocycles. The van der Waals surface area contributed by atoms with Crippen molar-refractivity contribution in [1.82, 2.24) is 15.0 Å². The second-order valence-corrected chi connectivity index (χ2v) is 6.83. The molecule has 0 radical (unpaired) electrons. The monoisotopic (exact) mass is 402 g/mol. The van der Waals surface area contributed by atoms with Gasteiger partial charge in [-0.2, -0.15) is 0 Å². The molecule has 30 heavy (non-hydrogen) atoms. The van der Waals surface area contributed by atoms with E-state index in [1.165, 1.54) is 12.1 Å². The van der Waals surface area contributed by atoms with Crippen LogP contribution in [-0.4, -0.2) is 25.9 Å². The lowest BCUT2D eigenvalue weighted by molar-refractivity contribution is -0.385. The molecule has 4 aromatic rings. The van der Waals surface area contributed by atoms with E-state index >= 15 is 0 Å². The molecule has 1 heterocycles. The number of fused-ring (bicyclic) bond motifs is 1. The summed E-state index contributed by atoms with van der Waals surface area (Å²) >= 11 is 0. The average molecular weight is 402 g/mol. The maximum absolute atomic E-state index is 12.5. The van der Waals surface area contributed by atoms with Crippen molar-refractivity contribution in [1.29, 1.82) is 0 Å². The van der Waals surface area contributed by atoms with Crippen LogP contribution < -0.4 is 0 Å². The number of hydrogen-bond donors (Lipinski definition) is 0. The number of aromatic nitrogens is 3. The van der Waals surface area contributed by atoms with Crippen LogP contribution in [0.3, 0.4) is 0 Å². The third kappa shape index (κ3) is 4.02. The summed E-state index contributed by atoms with van der Waals surface area (Å²) in [5.41, 5.74) is 3.65. The van der Waals surface area contributed by atoms with Crippen molar-refractivity contribution in [3.8, 4) is 0 Å². The highest BCUT2D eigenvalue weighted by atomic mass is 16.6. The van der Waals surface area contributed by atoms with Crippen molar-refractivity contribution >= 4 is 22.7 Å². The molecule has 0 bridgehead atoms. The number of esters is 1. The highest BCUT2D eigenvalue weighted by Crippen LogP contribution is 2.23. The van der Waals surface area contributed by atoms with Crippen LogP contribution in [0.25, 0.3) is 11.0 Å². The van der Waals surface area contributed by atoms with Crippen LogP contribution in [0.4, 0.5) is 5.69 Å². The zero-order chi connectivity index (χ0) is 21.1. The molecule has 150 valence electrons. The van der Waals surface area contributed by atoms with Gasteiger partial charge in [-0.3, -0.25) is 10.1 Å². The van der Waals surface area contributed by atoms with Gasteiger partial charge in [-0.05, 0) is 42.3 Å². The Morgan fingerprint density at radius 2 is 1.87 bits per heavy atom. The first-order valence-corrected chi connectivity index (χ1v) is 9.34. The van der Waals surface area contributed by atoms with E-state index in [9.17, 15) is 14.9 Å². The second-order valence-electron chi connectivity index (χ2n) is 6.83. The Labute approximate surface area is 171 Å². The molecule has 8 nitrogen and oxygen atoms in total. The van der Waals surface area contributed by atoms with Crippen LogP contribution >= 0.6 is 0 Å². The topological polar surface area (TPSA) is 100 Å². The Morgan fingerprint density at radius 3 is 2.63 bits per heavy atom. The summed E-state index contributed by atoms with van der Waals surface area (Å²) in [6.07, 6.45) is -0.612. The molecular formula is C22H18N4O4. The summed E-state index contributed by atoms with van der Waals surface area (Å²) in [4.78, 5) is 22.9. The van der Waals surface area contributed by atoms with Crippen molar-refractivity contribution in [3.63, 3.8) is 0 Å².